The van der Waals surface area contributed by atoms with Gasteiger partial charge in [-0.3, -0.25) is 5.01 Å². The van der Waals surface area contributed by atoms with Gasteiger partial charge in [0.25, 0.3) is 0 Å². The molecule has 17 heavy (non-hydrogen) atoms. The summed E-state index contributed by atoms with van der Waals surface area (Å²) in [4.78, 5) is 13.2. The zero-order valence-corrected chi connectivity index (χ0v) is 11.7. The molecule has 0 aromatic rings. The Bertz CT molecular complexity index is 249. The van der Waals surface area contributed by atoms with E-state index in [4.69, 9.17) is 4.74 Å². The van der Waals surface area contributed by atoms with Crippen LogP contribution in [0, 0.1) is 0 Å². The van der Waals surface area contributed by atoms with Crippen molar-refractivity contribution in [3.8, 4) is 0 Å². The van der Waals surface area contributed by atoms with Crippen molar-refractivity contribution in [3.05, 3.63) is 0 Å². The molecule has 5 heteroatoms. The summed E-state index contributed by atoms with van der Waals surface area (Å²) in [5.41, 5.74) is -0.453. The van der Waals surface area contributed by atoms with Crippen LogP contribution in [-0.4, -0.2) is 55.0 Å². The van der Waals surface area contributed by atoms with Crippen LogP contribution in [0.2, 0.25) is 0 Å². The molecule has 0 spiro atoms. The molecule has 0 aromatic heterocycles. The van der Waals surface area contributed by atoms with Gasteiger partial charge in [-0.25, -0.2) is 4.79 Å². The van der Waals surface area contributed by atoms with Gasteiger partial charge in [-0.15, -0.1) is 0 Å². The topological polar surface area (TPSA) is 45.1 Å². The Kier molecular flexibility index (Phi) is 6.61. The van der Waals surface area contributed by atoms with Crippen molar-refractivity contribution in [2.75, 3.05) is 26.7 Å². The molecule has 0 aliphatic carbocycles. The second-order valence-corrected chi connectivity index (χ2v) is 5.00. The lowest BCUT2D eigenvalue weighted by Gasteiger charge is -2.26. The monoisotopic (exact) mass is 243 g/mol. The van der Waals surface area contributed by atoms with Crippen LogP contribution in [0.5, 0.6) is 0 Å². The first-order valence-electron chi connectivity index (χ1n) is 5.96. The molecule has 1 amide bonds. The first-order chi connectivity index (χ1) is 7.80. The van der Waals surface area contributed by atoms with Crippen LogP contribution in [-0.2, 0) is 4.74 Å². The van der Waals surface area contributed by atoms with Crippen LogP contribution in [0.15, 0.2) is 5.10 Å². The maximum atomic E-state index is 11.7. The van der Waals surface area contributed by atoms with Crippen molar-refractivity contribution in [2.24, 2.45) is 5.10 Å². The van der Waals surface area contributed by atoms with Gasteiger partial charge in [0.05, 0.1) is 6.54 Å². The van der Waals surface area contributed by atoms with Gasteiger partial charge in [-0.05, 0) is 27.2 Å². The van der Waals surface area contributed by atoms with E-state index in [0.717, 1.165) is 13.0 Å². The average molecular weight is 243 g/mol. The smallest absolute Gasteiger partial charge is 0.410 e. The van der Waals surface area contributed by atoms with Crippen LogP contribution in [0.3, 0.4) is 0 Å². The molecule has 0 heterocycles. The number of ether oxygens (including phenoxy) is 1. The molecule has 0 atom stereocenters. The molecular weight excluding hydrogens is 218 g/mol. The number of nitrogens with zero attached hydrogens (tertiary/aromatic N) is 3. The number of amides is 1. The lowest BCUT2D eigenvalue weighted by atomic mass is 10.2. The average Bonchev–Trinajstić information content (AvgIpc) is 2.21. The van der Waals surface area contributed by atoms with Gasteiger partial charge in [-0.2, -0.15) is 5.10 Å². The first kappa shape index (κ1) is 15.7. The molecule has 0 bridgehead atoms. The summed E-state index contributed by atoms with van der Waals surface area (Å²) >= 11 is 0. The molecular formula is C12H25N3O2. The van der Waals surface area contributed by atoms with Gasteiger partial charge >= 0.3 is 6.09 Å². The summed E-state index contributed by atoms with van der Waals surface area (Å²) in [6, 6.07) is 0. The van der Waals surface area contributed by atoms with E-state index in [2.05, 4.69) is 18.7 Å². The van der Waals surface area contributed by atoms with Crippen molar-refractivity contribution in [1.82, 2.24) is 9.91 Å². The SMILES string of the molecule is C=NN(CCC)CCN(C)C(=O)OC(C)(C)C. The highest BCUT2D eigenvalue weighted by atomic mass is 16.6. The minimum atomic E-state index is -0.453. The second kappa shape index (κ2) is 7.14. The van der Waals surface area contributed by atoms with E-state index in [0.29, 0.717) is 13.1 Å². The highest BCUT2D eigenvalue weighted by Gasteiger charge is 2.19. The maximum Gasteiger partial charge on any atom is 0.410 e. The number of rotatable bonds is 6. The van der Waals surface area contributed by atoms with Gasteiger partial charge in [0.1, 0.15) is 5.60 Å². The van der Waals surface area contributed by atoms with Gasteiger partial charge in [0.2, 0.25) is 0 Å². The van der Waals surface area contributed by atoms with E-state index in [1.165, 1.54) is 0 Å². The molecule has 0 aliphatic heterocycles. The molecule has 0 saturated carbocycles. The molecule has 0 fully saturated rings. The third-order valence-corrected chi connectivity index (χ3v) is 2.08. The van der Waals surface area contributed by atoms with Crippen molar-refractivity contribution in [3.63, 3.8) is 0 Å². The molecule has 5 nitrogen and oxygen atoms in total. The van der Waals surface area contributed by atoms with E-state index < -0.39 is 5.60 Å². The Hall–Kier alpha value is -1.26. The standard InChI is InChI=1S/C12H25N3O2/c1-7-8-15(13-5)10-9-14(6)11(16)17-12(2,3)4/h5,7-10H2,1-4,6H3. The lowest BCUT2D eigenvalue weighted by molar-refractivity contribution is 0.0284. The van der Waals surface area contributed by atoms with Gasteiger partial charge < -0.3 is 9.64 Å². The maximum absolute atomic E-state index is 11.7. The van der Waals surface area contributed by atoms with Gasteiger partial charge in [0.15, 0.2) is 0 Å². The second-order valence-electron chi connectivity index (χ2n) is 5.00. The van der Waals surface area contributed by atoms with E-state index >= 15 is 0 Å². The Balaban J connectivity index is 4.04. The molecule has 0 saturated heterocycles. The van der Waals surface area contributed by atoms with Crippen LogP contribution in [0.1, 0.15) is 34.1 Å². The Labute approximate surface area is 104 Å². The number of carbonyl (C=O) groups is 1. The number of hydrogen-bond acceptors (Lipinski definition) is 4. The van der Waals surface area contributed by atoms with Crippen molar-refractivity contribution in [1.29, 1.82) is 0 Å². The summed E-state index contributed by atoms with van der Waals surface area (Å²) in [5.74, 6) is 0. The third-order valence-electron chi connectivity index (χ3n) is 2.08. The highest BCUT2D eigenvalue weighted by Crippen LogP contribution is 2.08. The molecule has 100 valence electrons. The minimum Gasteiger partial charge on any atom is -0.444 e. The lowest BCUT2D eigenvalue weighted by Crippen LogP contribution is -2.38. The molecule has 0 rings (SSSR count). The highest BCUT2D eigenvalue weighted by molar-refractivity contribution is 5.67. The Morgan fingerprint density at radius 3 is 2.29 bits per heavy atom. The number of carbonyl (C=O) groups excluding carboxylic acids is 1. The molecule has 0 N–H and O–H groups in total. The zero-order chi connectivity index (χ0) is 13.5. The first-order valence-corrected chi connectivity index (χ1v) is 5.96. The molecule has 0 aromatic carbocycles. The summed E-state index contributed by atoms with van der Waals surface area (Å²) < 4.78 is 5.25. The summed E-state index contributed by atoms with van der Waals surface area (Å²) in [6.45, 7) is 13.2. The normalized spacial score (nSPS) is 10.9. The number of likely N-dealkylation sites (N-methyl/N-ethyl adjacent to an activating group) is 1. The Morgan fingerprint density at radius 1 is 1.29 bits per heavy atom. The van der Waals surface area contributed by atoms with Crippen molar-refractivity contribution >= 4 is 12.8 Å². The predicted molar refractivity (Wildman–Crippen MR) is 70.3 cm³/mol. The van der Waals surface area contributed by atoms with E-state index in [-0.39, 0.29) is 6.09 Å². The Morgan fingerprint density at radius 2 is 1.88 bits per heavy atom. The summed E-state index contributed by atoms with van der Waals surface area (Å²) in [5, 5.41) is 5.74. The van der Waals surface area contributed by atoms with E-state index in [9.17, 15) is 4.79 Å². The fourth-order valence-corrected chi connectivity index (χ4v) is 1.21. The van der Waals surface area contributed by atoms with E-state index in [1.807, 2.05) is 25.8 Å². The van der Waals surface area contributed by atoms with Crippen molar-refractivity contribution in [2.45, 2.75) is 39.7 Å². The zero-order valence-electron chi connectivity index (χ0n) is 11.7. The molecule has 0 unspecified atom stereocenters. The van der Waals surface area contributed by atoms with Crippen LogP contribution >= 0.6 is 0 Å². The molecule has 0 aliphatic rings. The van der Waals surface area contributed by atoms with Crippen LogP contribution < -0.4 is 0 Å². The minimum absolute atomic E-state index is 0.307. The van der Waals surface area contributed by atoms with Crippen LogP contribution in [0.4, 0.5) is 4.79 Å². The largest absolute Gasteiger partial charge is 0.444 e. The quantitative estimate of drug-likeness (QED) is 0.530. The summed E-state index contributed by atoms with van der Waals surface area (Å²) in [7, 11) is 1.72. The van der Waals surface area contributed by atoms with E-state index in [1.54, 1.807) is 11.9 Å². The van der Waals surface area contributed by atoms with Crippen molar-refractivity contribution < 1.29 is 9.53 Å². The molecule has 0 radical (unpaired) electrons. The fourth-order valence-electron chi connectivity index (χ4n) is 1.21. The fraction of sp³-hybridized carbons (Fsp3) is 0.833. The third kappa shape index (κ3) is 7.60. The number of hydrazone groups is 1. The summed E-state index contributed by atoms with van der Waals surface area (Å²) in [6.07, 6.45) is 0.702. The number of hydrogen-bond donors (Lipinski definition) is 0. The van der Waals surface area contributed by atoms with Gasteiger partial charge in [0, 0.05) is 26.9 Å². The van der Waals surface area contributed by atoms with Crippen LogP contribution in [0.25, 0.3) is 0 Å². The predicted octanol–water partition coefficient (Wildman–Crippen LogP) is 2.18. The van der Waals surface area contributed by atoms with Gasteiger partial charge in [-0.1, -0.05) is 6.92 Å².